The van der Waals surface area contributed by atoms with Gasteiger partial charge in [0.2, 0.25) is 0 Å². The molecule has 0 radical (unpaired) electrons. The van der Waals surface area contributed by atoms with Gasteiger partial charge in [-0.3, -0.25) is 4.68 Å². The second-order valence-electron chi connectivity index (χ2n) is 3.88. The Morgan fingerprint density at radius 1 is 1.41 bits per heavy atom. The van der Waals surface area contributed by atoms with Gasteiger partial charge < -0.3 is 11.1 Å². The first kappa shape index (κ1) is 11.6. The van der Waals surface area contributed by atoms with Crippen LogP contribution in [0.5, 0.6) is 0 Å². The van der Waals surface area contributed by atoms with Gasteiger partial charge in [-0.05, 0) is 19.1 Å². The predicted molar refractivity (Wildman–Crippen MR) is 73.6 cm³/mol. The Hall–Kier alpha value is -1.88. The molecule has 0 saturated carbocycles. The van der Waals surface area contributed by atoms with Crippen molar-refractivity contribution in [3.8, 4) is 0 Å². The Kier molecular flexibility index (Phi) is 3.10. The molecule has 0 spiro atoms. The Morgan fingerprint density at radius 2 is 2.18 bits per heavy atom. The minimum atomic E-state index is 0.387. The lowest BCUT2D eigenvalue weighted by atomic mass is 10.1. The van der Waals surface area contributed by atoms with Crippen molar-refractivity contribution in [2.45, 2.75) is 6.92 Å². The lowest BCUT2D eigenvalue weighted by Gasteiger charge is -2.11. The number of nitrogens with two attached hydrogens (primary N) is 1. The highest BCUT2D eigenvalue weighted by atomic mass is 32.1. The van der Waals surface area contributed by atoms with Crippen molar-refractivity contribution in [2.24, 2.45) is 12.8 Å². The zero-order valence-corrected chi connectivity index (χ0v) is 10.6. The Labute approximate surface area is 105 Å². The fraction of sp³-hybridized carbons (Fsp3) is 0.167. The molecule has 0 aliphatic rings. The average molecular weight is 246 g/mol. The molecule has 2 aromatic rings. The summed E-state index contributed by atoms with van der Waals surface area (Å²) < 4.78 is 1.75. The standard InChI is InChI=1S/C12H14N4S/c1-8-3-4-10(9(7-8)12(13)17)15-11-5-6-14-16(11)2/h3-7,15H,1-2H3,(H2,13,17). The second kappa shape index (κ2) is 4.55. The summed E-state index contributed by atoms with van der Waals surface area (Å²) in [5.41, 5.74) is 8.59. The summed E-state index contributed by atoms with van der Waals surface area (Å²) in [6.07, 6.45) is 1.73. The van der Waals surface area contributed by atoms with Gasteiger partial charge in [-0.2, -0.15) is 5.10 Å². The highest BCUT2D eigenvalue weighted by Gasteiger charge is 2.07. The smallest absolute Gasteiger partial charge is 0.128 e. The number of aryl methyl sites for hydroxylation is 2. The normalized spacial score (nSPS) is 10.2. The molecule has 3 N–H and O–H groups in total. The molecule has 5 heteroatoms. The van der Waals surface area contributed by atoms with E-state index >= 15 is 0 Å². The van der Waals surface area contributed by atoms with Crippen LogP contribution in [0.15, 0.2) is 30.5 Å². The molecule has 0 amide bonds. The molecule has 0 saturated heterocycles. The molecule has 0 aliphatic carbocycles. The van der Waals surface area contributed by atoms with Crippen molar-refractivity contribution >= 4 is 28.7 Å². The SMILES string of the molecule is Cc1ccc(Nc2ccnn2C)c(C(N)=S)c1. The Balaban J connectivity index is 2.39. The van der Waals surface area contributed by atoms with Crippen LogP contribution < -0.4 is 11.1 Å². The number of thiocarbonyl (C=S) groups is 1. The molecule has 0 aliphatic heterocycles. The summed E-state index contributed by atoms with van der Waals surface area (Å²) in [7, 11) is 1.87. The van der Waals surface area contributed by atoms with Crippen LogP contribution in [0, 0.1) is 6.92 Å². The third kappa shape index (κ3) is 2.45. The molecule has 1 aromatic carbocycles. The van der Waals surface area contributed by atoms with Crippen molar-refractivity contribution in [3.05, 3.63) is 41.6 Å². The fourth-order valence-electron chi connectivity index (χ4n) is 1.61. The van der Waals surface area contributed by atoms with Gasteiger partial charge in [0.1, 0.15) is 10.8 Å². The highest BCUT2D eigenvalue weighted by molar-refractivity contribution is 7.80. The third-order valence-corrected chi connectivity index (χ3v) is 2.74. The van der Waals surface area contributed by atoms with Gasteiger partial charge in [0.15, 0.2) is 0 Å². The van der Waals surface area contributed by atoms with Crippen molar-refractivity contribution in [3.63, 3.8) is 0 Å². The van der Waals surface area contributed by atoms with E-state index in [9.17, 15) is 0 Å². The summed E-state index contributed by atoms with van der Waals surface area (Å²) >= 11 is 5.05. The Morgan fingerprint density at radius 3 is 2.76 bits per heavy atom. The van der Waals surface area contributed by atoms with Gasteiger partial charge in [0.25, 0.3) is 0 Å². The lowest BCUT2D eigenvalue weighted by Crippen LogP contribution is -2.12. The van der Waals surface area contributed by atoms with Crippen molar-refractivity contribution < 1.29 is 0 Å². The molecule has 1 heterocycles. The van der Waals surface area contributed by atoms with E-state index < -0.39 is 0 Å². The maximum Gasteiger partial charge on any atom is 0.128 e. The molecular weight excluding hydrogens is 232 g/mol. The first-order valence-corrected chi connectivity index (χ1v) is 5.64. The summed E-state index contributed by atoms with van der Waals surface area (Å²) in [5, 5.41) is 7.36. The van der Waals surface area contributed by atoms with Gasteiger partial charge in [-0.15, -0.1) is 0 Å². The first-order chi connectivity index (χ1) is 8.08. The number of nitrogens with zero attached hydrogens (tertiary/aromatic N) is 2. The van der Waals surface area contributed by atoms with Gasteiger partial charge in [0, 0.05) is 24.4 Å². The molecular formula is C12H14N4S. The maximum atomic E-state index is 5.72. The van der Waals surface area contributed by atoms with Gasteiger partial charge in [-0.25, -0.2) is 0 Å². The second-order valence-corrected chi connectivity index (χ2v) is 4.32. The minimum Gasteiger partial charge on any atom is -0.389 e. The van der Waals surface area contributed by atoms with E-state index in [1.165, 1.54) is 0 Å². The highest BCUT2D eigenvalue weighted by Crippen LogP contribution is 2.21. The number of anilines is 2. The lowest BCUT2D eigenvalue weighted by molar-refractivity contribution is 0.776. The molecule has 2 rings (SSSR count). The van der Waals surface area contributed by atoms with E-state index in [0.29, 0.717) is 4.99 Å². The van der Waals surface area contributed by atoms with Crippen LogP contribution in [0.25, 0.3) is 0 Å². The fourth-order valence-corrected chi connectivity index (χ4v) is 1.77. The van der Waals surface area contributed by atoms with Crippen LogP contribution in [-0.4, -0.2) is 14.8 Å². The molecule has 0 unspecified atom stereocenters. The zero-order chi connectivity index (χ0) is 12.4. The number of benzene rings is 1. The van der Waals surface area contributed by atoms with Crippen molar-refractivity contribution in [1.29, 1.82) is 0 Å². The molecule has 0 fully saturated rings. The molecule has 17 heavy (non-hydrogen) atoms. The number of aromatic nitrogens is 2. The van der Waals surface area contributed by atoms with E-state index in [2.05, 4.69) is 10.4 Å². The topological polar surface area (TPSA) is 55.9 Å². The quantitative estimate of drug-likeness (QED) is 0.814. The third-order valence-electron chi connectivity index (χ3n) is 2.52. The summed E-state index contributed by atoms with van der Waals surface area (Å²) in [5.74, 6) is 0.895. The number of hydrogen-bond donors (Lipinski definition) is 2. The monoisotopic (exact) mass is 246 g/mol. The van der Waals surface area contributed by atoms with Crippen LogP contribution >= 0.6 is 12.2 Å². The summed E-state index contributed by atoms with van der Waals surface area (Å²) in [6, 6.07) is 7.85. The van der Waals surface area contributed by atoms with Crippen LogP contribution in [0.3, 0.4) is 0 Å². The Bertz CT molecular complexity index is 559. The van der Waals surface area contributed by atoms with Crippen molar-refractivity contribution in [1.82, 2.24) is 9.78 Å². The van der Waals surface area contributed by atoms with Gasteiger partial charge in [0.05, 0.1) is 6.20 Å². The first-order valence-electron chi connectivity index (χ1n) is 5.23. The molecule has 0 bridgehead atoms. The van der Waals surface area contributed by atoms with Gasteiger partial charge >= 0.3 is 0 Å². The van der Waals surface area contributed by atoms with E-state index in [0.717, 1.165) is 22.6 Å². The number of rotatable bonds is 3. The summed E-state index contributed by atoms with van der Waals surface area (Å²) in [6.45, 7) is 2.01. The van der Waals surface area contributed by atoms with Crippen LogP contribution in [0.2, 0.25) is 0 Å². The minimum absolute atomic E-state index is 0.387. The zero-order valence-electron chi connectivity index (χ0n) is 9.77. The molecule has 0 atom stereocenters. The van der Waals surface area contributed by atoms with Crippen LogP contribution in [-0.2, 0) is 7.05 Å². The number of nitrogens with one attached hydrogen (secondary N) is 1. The van der Waals surface area contributed by atoms with E-state index in [4.69, 9.17) is 18.0 Å². The molecule has 88 valence electrons. The molecule has 4 nitrogen and oxygen atoms in total. The van der Waals surface area contributed by atoms with Gasteiger partial charge in [-0.1, -0.05) is 23.8 Å². The van der Waals surface area contributed by atoms with Crippen LogP contribution in [0.4, 0.5) is 11.5 Å². The van der Waals surface area contributed by atoms with Crippen LogP contribution in [0.1, 0.15) is 11.1 Å². The van der Waals surface area contributed by atoms with Crippen molar-refractivity contribution in [2.75, 3.05) is 5.32 Å². The van der Waals surface area contributed by atoms with E-state index in [1.54, 1.807) is 10.9 Å². The van der Waals surface area contributed by atoms with E-state index in [-0.39, 0.29) is 0 Å². The van der Waals surface area contributed by atoms with E-state index in [1.807, 2.05) is 38.2 Å². The summed E-state index contributed by atoms with van der Waals surface area (Å²) in [4.78, 5) is 0.387. The average Bonchev–Trinajstić information content (AvgIpc) is 2.67. The molecule has 1 aromatic heterocycles. The predicted octanol–water partition coefficient (Wildman–Crippen LogP) is 2.11. The largest absolute Gasteiger partial charge is 0.389 e. The number of hydrogen-bond acceptors (Lipinski definition) is 3. The maximum absolute atomic E-state index is 5.72.